The summed E-state index contributed by atoms with van der Waals surface area (Å²) >= 11 is 3.46. The van der Waals surface area contributed by atoms with Crippen molar-refractivity contribution in [1.82, 2.24) is 4.90 Å². The van der Waals surface area contributed by atoms with Gasteiger partial charge in [0, 0.05) is 29.5 Å². The first-order valence-corrected chi connectivity index (χ1v) is 9.56. The van der Waals surface area contributed by atoms with Crippen molar-refractivity contribution in [2.75, 3.05) is 13.2 Å². The molecule has 132 valence electrons. The number of piperidine rings is 1. The average molecular weight is 402 g/mol. The monoisotopic (exact) mass is 401 g/mol. The van der Waals surface area contributed by atoms with Gasteiger partial charge in [-0.05, 0) is 43.0 Å². The quantitative estimate of drug-likeness (QED) is 0.803. The Morgan fingerprint density at radius 1 is 1.16 bits per heavy atom. The predicted molar refractivity (Wildman–Crippen MR) is 103 cm³/mol. The van der Waals surface area contributed by atoms with Gasteiger partial charge in [-0.15, -0.1) is 0 Å². The number of likely N-dealkylation sites (tertiary alicyclic amines) is 1. The Morgan fingerprint density at radius 3 is 2.44 bits per heavy atom. The number of carbonyl (C=O) groups is 1. The summed E-state index contributed by atoms with van der Waals surface area (Å²) < 4.78 is 1.04. The number of hydrogen-bond donors (Lipinski definition) is 1. The predicted octanol–water partition coefficient (Wildman–Crippen LogP) is 4.45. The number of rotatable bonds is 5. The van der Waals surface area contributed by atoms with Gasteiger partial charge in [-0.1, -0.05) is 58.4 Å². The van der Waals surface area contributed by atoms with Crippen LogP contribution in [0.5, 0.6) is 0 Å². The van der Waals surface area contributed by atoms with Crippen LogP contribution in [-0.2, 0) is 10.2 Å². The van der Waals surface area contributed by atoms with Gasteiger partial charge in [-0.2, -0.15) is 0 Å². The van der Waals surface area contributed by atoms with E-state index in [2.05, 4.69) is 47.1 Å². The first kappa shape index (κ1) is 18.2. The van der Waals surface area contributed by atoms with E-state index in [0.29, 0.717) is 19.4 Å². The summed E-state index contributed by atoms with van der Waals surface area (Å²) in [6, 6.07) is 18.4. The molecule has 3 rings (SSSR count). The van der Waals surface area contributed by atoms with Crippen molar-refractivity contribution in [2.24, 2.45) is 0 Å². The summed E-state index contributed by atoms with van der Waals surface area (Å²) in [6.45, 7) is 2.90. The first-order chi connectivity index (χ1) is 12.1. The van der Waals surface area contributed by atoms with Crippen molar-refractivity contribution >= 4 is 21.8 Å². The second kappa shape index (κ2) is 7.71. The molecule has 1 N–H and O–H groups in total. The van der Waals surface area contributed by atoms with Crippen LogP contribution in [-0.4, -0.2) is 29.1 Å². The van der Waals surface area contributed by atoms with E-state index >= 15 is 0 Å². The van der Waals surface area contributed by atoms with E-state index in [-0.39, 0.29) is 24.0 Å². The van der Waals surface area contributed by atoms with Gasteiger partial charge >= 0.3 is 0 Å². The van der Waals surface area contributed by atoms with E-state index in [0.717, 1.165) is 22.0 Å². The lowest BCUT2D eigenvalue weighted by Gasteiger charge is -2.43. The minimum absolute atomic E-state index is 0.0588. The van der Waals surface area contributed by atoms with Crippen LogP contribution in [0, 0.1) is 0 Å². The molecular weight excluding hydrogens is 378 g/mol. The first-order valence-electron chi connectivity index (χ1n) is 8.77. The maximum absolute atomic E-state index is 13.0. The van der Waals surface area contributed by atoms with E-state index < -0.39 is 0 Å². The highest BCUT2D eigenvalue weighted by Crippen LogP contribution is 2.41. The lowest BCUT2D eigenvalue weighted by Crippen LogP contribution is -2.47. The Hall–Kier alpha value is -1.65. The molecule has 0 bridgehead atoms. The van der Waals surface area contributed by atoms with Crippen LogP contribution >= 0.6 is 15.9 Å². The molecule has 4 heteroatoms. The number of benzene rings is 2. The molecule has 1 heterocycles. The second-order valence-electron chi connectivity index (χ2n) is 6.86. The number of amides is 1. The van der Waals surface area contributed by atoms with Crippen LogP contribution in [0.1, 0.15) is 43.4 Å². The molecule has 2 atom stereocenters. The summed E-state index contributed by atoms with van der Waals surface area (Å²) in [5.41, 5.74) is 2.06. The van der Waals surface area contributed by atoms with Crippen LogP contribution in [0.25, 0.3) is 0 Å². The maximum Gasteiger partial charge on any atom is 0.223 e. The highest BCUT2D eigenvalue weighted by Gasteiger charge is 2.41. The van der Waals surface area contributed by atoms with E-state index in [1.54, 1.807) is 0 Å². The van der Waals surface area contributed by atoms with E-state index in [4.69, 9.17) is 0 Å². The van der Waals surface area contributed by atoms with Crippen molar-refractivity contribution in [2.45, 2.75) is 37.6 Å². The Bertz CT molecular complexity index is 716. The lowest BCUT2D eigenvalue weighted by molar-refractivity contribution is -0.138. The van der Waals surface area contributed by atoms with E-state index in [1.165, 1.54) is 0 Å². The lowest BCUT2D eigenvalue weighted by atomic mass is 9.70. The fraction of sp³-hybridized carbons (Fsp3) is 0.381. The summed E-state index contributed by atoms with van der Waals surface area (Å²) in [5.74, 6) is 0.166. The molecule has 0 saturated carbocycles. The van der Waals surface area contributed by atoms with Crippen molar-refractivity contribution in [1.29, 1.82) is 0 Å². The summed E-state index contributed by atoms with van der Waals surface area (Å²) in [7, 11) is 0. The molecule has 0 aromatic heterocycles. The number of hydrogen-bond acceptors (Lipinski definition) is 2. The van der Waals surface area contributed by atoms with Gasteiger partial charge in [0.15, 0.2) is 0 Å². The normalized spacial score (nSPS) is 22.0. The topological polar surface area (TPSA) is 40.5 Å². The van der Waals surface area contributed by atoms with Crippen molar-refractivity contribution in [3.63, 3.8) is 0 Å². The molecule has 1 fully saturated rings. The molecule has 0 unspecified atom stereocenters. The Kier molecular flexibility index (Phi) is 5.60. The molecule has 0 spiro atoms. The van der Waals surface area contributed by atoms with Crippen LogP contribution < -0.4 is 0 Å². The number of aliphatic hydroxyl groups excluding tert-OH is 1. The van der Waals surface area contributed by atoms with Crippen molar-refractivity contribution in [3.8, 4) is 0 Å². The standard InChI is InChI=1S/C21H24BrNO2/c1-16(17-7-9-19(22)10-8-17)23-13-11-21(12-14-24,15-20(23)25)18-5-3-2-4-6-18/h2-10,16,24H,11-15H2,1H3/t16-,21+/m0/s1. The summed E-state index contributed by atoms with van der Waals surface area (Å²) in [4.78, 5) is 14.9. The van der Waals surface area contributed by atoms with Gasteiger partial charge in [0.05, 0.1) is 6.04 Å². The third kappa shape index (κ3) is 3.80. The fourth-order valence-electron chi connectivity index (χ4n) is 3.88. The van der Waals surface area contributed by atoms with Gasteiger partial charge in [-0.3, -0.25) is 4.79 Å². The Labute approximate surface area is 157 Å². The van der Waals surface area contributed by atoms with Crippen LogP contribution in [0.2, 0.25) is 0 Å². The van der Waals surface area contributed by atoms with Gasteiger partial charge in [0.25, 0.3) is 0 Å². The minimum atomic E-state index is -0.247. The highest BCUT2D eigenvalue weighted by molar-refractivity contribution is 9.10. The van der Waals surface area contributed by atoms with Crippen LogP contribution in [0.15, 0.2) is 59.1 Å². The molecule has 2 aromatic carbocycles. The maximum atomic E-state index is 13.0. The van der Waals surface area contributed by atoms with E-state index in [9.17, 15) is 9.90 Å². The Morgan fingerprint density at radius 2 is 1.84 bits per heavy atom. The number of halogens is 1. The Balaban J connectivity index is 1.81. The SMILES string of the molecule is C[C@@H](c1ccc(Br)cc1)N1CC[C@](CCO)(c2ccccc2)CC1=O. The van der Waals surface area contributed by atoms with Crippen LogP contribution in [0.3, 0.4) is 0 Å². The largest absolute Gasteiger partial charge is 0.396 e. The highest BCUT2D eigenvalue weighted by atomic mass is 79.9. The number of carbonyl (C=O) groups excluding carboxylic acids is 1. The smallest absolute Gasteiger partial charge is 0.223 e. The molecule has 3 nitrogen and oxygen atoms in total. The van der Waals surface area contributed by atoms with Gasteiger partial charge in [0.1, 0.15) is 0 Å². The molecular formula is C21H24BrNO2. The molecule has 1 saturated heterocycles. The van der Waals surface area contributed by atoms with Crippen LogP contribution in [0.4, 0.5) is 0 Å². The molecule has 0 radical (unpaired) electrons. The molecule has 1 amide bonds. The third-order valence-corrected chi connectivity index (χ3v) is 5.97. The number of aliphatic hydroxyl groups is 1. The third-order valence-electron chi connectivity index (χ3n) is 5.44. The zero-order chi connectivity index (χ0) is 17.9. The van der Waals surface area contributed by atoms with Crippen molar-refractivity contribution < 1.29 is 9.90 Å². The molecule has 25 heavy (non-hydrogen) atoms. The van der Waals surface area contributed by atoms with Gasteiger partial charge in [0.2, 0.25) is 5.91 Å². The molecule has 2 aromatic rings. The van der Waals surface area contributed by atoms with Crippen molar-refractivity contribution in [3.05, 3.63) is 70.2 Å². The second-order valence-corrected chi connectivity index (χ2v) is 7.78. The fourth-order valence-corrected chi connectivity index (χ4v) is 4.14. The zero-order valence-electron chi connectivity index (χ0n) is 14.5. The van der Waals surface area contributed by atoms with E-state index in [1.807, 2.05) is 35.2 Å². The summed E-state index contributed by atoms with van der Waals surface area (Å²) in [5, 5.41) is 9.58. The summed E-state index contributed by atoms with van der Waals surface area (Å²) in [6.07, 6.45) is 1.96. The minimum Gasteiger partial charge on any atom is -0.396 e. The molecule has 0 aliphatic carbocycles. The van der Waals surface area contributed by atoms with Gasteiger partial charge < -0.3 is 10.0 Å². The van der Waals surface area contributed by atoms with Gasteiger partial charge in [-0.25, -0.2) is 0 Å². The zero-order valence-corrected chi connectivity index (χ0v) is 16.1. The average Bonchev–Trinajstić information content (AvgIpc) is 2.63. The number of nitrogens with zero attached hydrogens (tertiary/aromatic N) is 1. The molecule has 1 aliphatic rings. The molecule has 1 aliphatic heterocycles.